The average Bonchev–Trinajstić information content (AvgIpc) is 3.17. The van der Waals surface area contributed by atoms with Crippen molar-refractivity contribution in [2.75, 3.05) is 6.61 Å². The van der Waals surface area contributed by atoms with E-state index in [0.29, 0.717) is 23.2 Å². The molecule has 34 heavy (non-hydrogen) atoms. The molecule has 0 bridgehead atoms. The van der Waals surface area contributed by atoms with E-state index in [1.165, 1.54) is 0 Å². The summed E-state index contributed by atoms with van der Waals surface area (Å²) in [5.74, 6) is -0.428. The van der Waals surface area contributed by atoms with Gasteiger partial charge in [0.05, 0.1) is 18.3 Å². The molecule has 0 atom stereocenters. The first-order valence-corrected chi connectivity index (χ1v) is 11.7. The Morgan fingerprint density at radius 3 is 2.68 bits per heavy atom. The summed E-state index contributed by atoms with van der Waals surface area (Å²) in [7, 11) is 0. The van der Waals surface area contributed by atoms with Crippen molar-refractivity contribution < 1.29 is 9.53 Å². The number of carbonyl (C=O) groups is 1. The minimum Gasteiger partial charge on any atom is -0.461 e. The van der Waals surface area contributed by atoms with Crippen LogP contribution in [0, 0.1) is 0 Å². The summed E-state index contributed by atoms with van der Waals surface area (Å²) >= 11 is 12.6. The third-order valence-electron chi connectivity index (χ3n) is 5.77. The highest BCUT2D eigenvalue weighted by atomic mass is 35.5. The number of halogens is 2. The fourth-order valence-electron chi connectivity index (χ4n) is 4.12. The van der Waals surface area contributed by atoms with Gasteiger partial charge in [-0.05, 0) is 60.4 Å². The minimum atomic E-state index is -0.428. The number of ether oxygens (including phenoxy) is 1. The van der Waals surface area contributed by atoms with E-state index in [2.05, 4.69) is 14.5 Å². The molecular formula is C27H21Cl2N3O2. The van der Waals surface area contributed by atoms with Crippen molar-refractivity contribution in [1.82, 2.24) is 14.5 Å². The number of para-hydroxylation sites is 1. The van der Waals surface area contributed by atoms with E-state index < -0.39 is 5.97 Å². The Balaban J connectivity index is 1.40. The number of esters is 1. The summed E-state index contributed by atoms with van der Waals surface area (Å²) in [6, 6.07) is 19.2. The molecule has 5 nitrogen and oxygen atoms in total. The highest BCUT2D eigenvalue weighted by Crippen LogP contribution is 2.31. The number of nitrogens with zero attached hydrogens (tertiary/aromatic N) is 3. The molecule has 0 spiro atoms. The summed E-state index contributed by atoms with van der Waals surface area (Å²) in [6.45, 7) is 0.853. The summed E-state index contributed by atoms with van der Waals surface area (Å²) in [5, 5.41) is 3.25. The van der Waals surface area contributed by atoms with Gasteiger partial charge >= 0.3 is 5.97 Å². The lowest BCUT2D eigenvalue weighted by Crippen LogP contribution is -2.09. The Morgan fingerprint density at radius 2 is 1.82 bits per heavy atom. The Bertz CT molecular complexity index is 1480. The van der Waals surface area contributed by atoms with Crippen LogP contribution >= 0.6 is 23.2 Å². The molecule has 0 radical (unpaired) electrons. The fraction of sp³-hybridized carbons (Fsp3) is 0.148. The summed E-state index contributed by atoms with van der Waals surface area (Å²) in [4.78, 5) is 21.2. The lowest BCUT2D eigenvalue weighted by Gasteiger charge is -2.10. The van der Waals surface area contributed by atoms with Crippen LogP contribution in [0.1, 0.15) is 28.0 Å². The molecule has 0 aliphatic carbocycles. The van der Waals surface area contributed by atoms with Crippen molar-refractivity contribution in [2.24, 2.45) is 0 Å². The predicted molar refractivity (Wildman–Crippen MR) is 136 cm³/mol. The second kappa shape index (κ2) is 9.84. The van der Waals surface area contributed by atoms with Crippen molar-refractivity contribution in [1.29, 1.82) is 0 Å². The first-order valence-electron chi connectivity index (χ1n) is 11.0. The number of aryl methyl sites for hydroxylation is 1. The molecule has 0 saturated carbocycles. The van der Waals surface area contributed by atoms with Crippen LogP contribution in [0.15, 0.2) is 79.3 Å². The van der Waals surface area contributed by atoms with Gasteiger partial charge in [-0.1, -0.05) is 47.5 Å². The molecule has 0 aliphatic heterocycles. The summed E-state index contributed by atoms with van der Waals surface area (Å²) in [6.07, 6.45) is 6.81. The SMILES string of the molecule is O=C(OCCCc1cccnc1)c1cc2c3ccccc3n(Cc3cc(Cl)ccc3Cl)c2cn1. The van der Waals surface area contributed by atoms with Crippen LogP contribution in [-0.2, 0) is 17.7 Å². The van der Waals surface area contributed by atoms with Crippen molar-refractivity contribution in [3.8, 4) is 0 Å². The van der Waals surface area contributed by atoms with Crippen LogP contribution in [0.2, 0.25) is 10.0 Å². The van der Waals surface area contributed by atoms with Gasteiger partial charge in [0.15, 0.2) is 0 Å². The molecule has 3 aromatic heterocycles. The van der Waals surface area contributed by atoms with Gasteiger partial charge < -0.3 is 9.30 Å². The molecule has 0 saturated heterocycles. The molecule has 2 aromatic carbocycles. The molecule has 7 heteroatoms. The van der Waals surface area contributed by atoms with Crippen LogP contribution in [0.3, 0.4) is 0 Å². The smallest absolute Gasteiger partial charge is 0.356 e. The number of pyridine rings is 2. The number of benzene rings is 2. The van der Waals surface area contributed by atoms with Gasteiger partial charge in [-0.25, -0.2) is 9.78 Å². The molecule has 0 N–H and O–H groups in total. The van der Waals surface area contributed by atoms with Crippen molar-refractivity contribution >= 4 is 51.0 Å². The van der Waals surface area contributed by atoms with E-state index in [4.69, 9.17) is 27.9 Å². The van der Waals surface area contributed by atoms with Crippen molar-refractivity contribution in [3.05, 3.63) is 106 Å². The normalized spacial score (nSPS) is 11.2. The van der Waals surface area contributed by atoms with E-state index in [1.807, 2.05) is 48.7 Å². The fourth-order valence-corrected chi connectivity index (χ4v) is 4.50. The monoisotopic (exact) mass is 489 g/mol. The Morgan fingerprint density at radius 1 is 0.941 bits per heavy atom. The quantitative estimate of drug-likeness (QED) is 0.188. The number of carbonyl (C=O) groups excluding carboxylic acids is 1. The molecule has 170 valence electrons. The van der Waals surface area contributed by atoms with Gasteiger partial charge in [0.1, 0.15) is 5.69 Å². The molecule has 3 heterocycles. The van der Waals surface area contributed by atoms with Crippen LogP contribution in [0.25, 0.3) is 21.8 Å². The molecule has 0 aliphatic rings. The van der Waals surface area contributed by atoms with Gasteiger partial charge in [0.2, 0.25) is 0 Å². The second-order valence-corrected chi connectivity index (χ2v) is 8.87. The second-order valence-electron chi connectivity index (χ2n) is 8.03. The van der Waals surface area contributed by atoms with Crippen molar-refractivity contribution in [2.45, 2.75) is 19.4 Å². The maximum atomic E-state index is 12.7. The molecule has 5 aromatic rings. The third kappa shape index (κ3) is 4.63. The lowest BCUT2D eigenvalue weighted by atomic mass is 10.1. The lowest BCUT2D eigenvalue weighted by molar-refractivity contribution is 0.0494. The predicted octanol–water partition coefficient (Wildman–Crippen LogP) is 6.73. The minimum absolute atomic E-state index is 0.289. The van der Waals surface area contributed by atoms with Crippen LogP contribution in [-0.4, -0.2) is 27.1 Å². The van der Waals surface area contributed by atoms with Crippen LogP contribution in [0.4, 0.5) is 0 Å². The first-order chi connectivity index (χ1) is 16.6. The maximum absolute atomic E-state index is 12.7. The number of rotatable bonds is 7. The van der Waals surface area contributed by atoms with Crippen molar-refractivity contribution in [3.63, 3.8) is 0 Å². The third-order valence-corrected chi connectivity index (χ3v) is 6.37. The Hall–Kier alpha value is -3.41. The molecule has 0 unspecified atom stereocenters. The standard InChI is InChI=1S/C27H21Cl2N3O2/c28-20-9-10-23(29)19(13-20)17-32-25-8-2-1-7-21(25)22-14-24(31-16-26(22)32)27(33)34-12-4-6-18-5-3-11-30-15-18/h1-3,5,7-11,13-16H,4,6,12,17H2. The molecular weight excluding hydrogens is 469 g/mol. The van der Waals surface area contributed by atoms with Gasteiger partial charge in [-0.3, -0.25) is 4.98 Å². The number of aromatic nitrogens is 3. The zero-order chi connectivity index (χ0) is 23.5. The van der Waals surface area contributed by atoms with E-state index >= 15 is 0 Å². The Kier molecular flexibility index (Phi) is 6.48. The van der Waals surface area contributed by atoms with E-state index in [-0.39, 0.29) is 5.69 Å². The highest BCUT2D eigenvalue weighted by Gasteiger charge is 2.16. The van der Waals surface area contributed by atoms with Crippen LogP contribution in [0.5, 0.6) is 0 Å². The van der Waals surface area contributed by atoms with E-state index in [1.54, 1.807) is 30.6 Å². The largest absolute Gasteiger partial charge is 0.461 e. The van der Waals surface area contributed by atoms with E-state index in [0.717, 1.165) is 45.8 Å². The summed E-state index contributed by atoms with van der Waals surface area (Å²) < 4.78 is 7.62. The average molecular weight is 490 g/mol. The zero-order valence-corrected chi connectivity index (χ0v) is 19.8. The molecule has 0 amide bonds. The Labute approximate surface area is 206 Å². The number of hydrogen-bond donors (Lipinski definition) is 0. The number of fused-ring (bicyclic) bond motifs is 3. The van der Waals surface area contributed by atoms with E-state index in [9.17, 15) is 4.79 Å². The highest BCUT2D eigenvalue weighted by molar-refractivity contribution is 6.33. The first kappa shape index (κ1) is 22.4. The molecule has 5 rings (SSSR count). The molecule has 0 fully saturated rings. The maximum Gasteiger partial charge on any atom is 0.356 e. The van der Waals surface area contributed by atoms with Gasteiger partial charge in [0, 0.05) is 45.3 Å². The summed E-state index contributed by atoms with van der Waals surface area (Å²) in [5.41, 5.74) is 4.25. The zero-order valence-electron chi connectivity index (χ0n) is 18.2. The van der Waals surface area contributed by atoms with Gasteiger partial charge in [-0.2, -0.15) is 0 Å². The number of hydrogen-bond acceptors (Lipinski definition) is 4. The topological polar surface area (TPSA) is 57.0 Å². The van der Waals surface area contributed by atoms with Gasteiger partial charge in [-0.15, -0.1) is 0 Å². The van der Waals surface area contributed by atoms with Crippen LogP contribution < -0.4 is 0 Å². The van der Waals surface area contributed by atoms with Gasteiger partial charge in [0.25, 0.3) is 0 Å².